The van der Waals surface area contributed by atoms with Crippen molar-refractivity contribution in [1.29, 1.82) is 0 Å². The molecular weight excluding hydrogens is 214 g/mol. The normalized spacial score (nSPS) is 14.6. The minimum atomic E-state index is 0.666. The maximum absolute atomic E-state index is 2.53. The van der Waals surface area contributed by atoms with Crippen LogP contribution in [0.25, 0.3) is 0 Å². The Labute approximate surface area is 103 Å². The molecule has 0 aliphatic carbocycles. The van der Waals surface area contributed by atoms with Gasteiger partial charge < -0.3 is 4.90 Å². The average molecular weight is 235 g/mol. The molecule has 0 atom stereocenters. The summed E-state index contributed by atoms with van der Waals surface area (Å²) in [5.41, 5.74) is 3.01. The summed E-state index contributed by atoms with van der Waals surface area (Å²) in [6.45, 7) is 9.16. The van der Waals surface area contributed by atoms with Crippen molar-refractivity contribution >= 4 is 17.4 Å². The van der Waals surface area contributed by atoms with Crippen molar-refractivity contribution in [2.24, 2.45) is 0 Å². The van der Waals surface area contributed by atoms with Crippen LogP contribution in [0.15, 0.2) is 23.1 Å². The summed E-state index contributed by atoms with van der Waals surface area (Å²) in [7, 11) is 0. The molecule has 0 amide bonds. The molecule has 0 saturated heterocycles. The van der Waals surface area contributed by atoms with Gasteiger partial charge in [-0.05, 0) is 30.5 Å². The minimum Gasteiger partial charge on any atom is -0.371 e. The Morgan fingerprint density at radius 2 is 2.19 bits per heavy atom. The topological polar surface area (TPSA) is 3.24 Å². The molecule has 1 aromatic carbocycles. The zero-order valence-electron chi connectivity index (χ0n) is 10.5. The summed E-state index contributed by atoms with van der Waals surface area (Å²) in [6.07, 6.45) is 2.46. The minimum absolute atomic E-state index is 0.666. The molecule has 1 heterocycles. The van der Waals surface area contributed by atoms with Crippen LogP contribution in [0.3, 0.4) is 0 Å². The van der Waals surface area contributed by atoms with Gasteiger partial charge in [0.2, 0.25) is 0 Å². The van der Waals surface area contributed by atoms with Gasteiger partial charge in [0.25, 0.3) is 0 Å². The van der Waals surface area contributed by atoms with Crippen LogP contribution in [0.5, 0.6) is 0 Å². The lowest BCUT2D eigenvalue weighted by Crippen LogP contribution is -2.20. The number of rotatable bonds is 4. The summed E-state index contributed by atoms with van der Waals surface area (Å²) < 4.78 is 0. The van der Waals surface area contributed by atoms with Crippen LogP contribution in [0, 0.1) is 0 Å². The molecule has 2 heteroatoms. The molecule has 1 aliphatic heterocycles. The third-order valence-electron chi connectivity index (χ3n) is 2.91. The van der Waals surface area contributed by atoms with Crippen molar-refractivity contribution in [3.63, 3.8) is 0 Å². The molecular formula is C14H21NS. The van der Waals surface area contributed by atoms with Crippen LogP contribution in [0.1, 0.15) is 32.8 Å². The number of fused-ring (bicyclic) bond motifs is 1. The molecule has 0 unspecified atom stereocenters. The predicted molar refractivity (Wildman–Crippen MR) is 73.6 cm³/mol. The molecule has 0 spiro atoms. The van der Waals surface area contributed by atoms with Gasteiger partial charge >= 0.3 is 0 Å². The van der Waals surface area contributed by atoms with Gasteiger partial charge in [-0.3, -0.25) is 0 Å². The van der Waals surface area contributed by atoms with E-state index in [4.69, 9.17) is 0 Å². The zero-order chi connectivity index (χ0) is 11.5. The number of hydrogen-bond acceptors (Lipinski definition) is 2. The Morgan fingerprint density at radius 3 is 2.88 bits per heavy atom. The van der Waals surface area contributed by atoms with Gasteiger partial charge in [-0.2, -0.15) is 0 Å². The Bertz CT molecular complexity index is 358. The number of anilines is 1. The molecule has 1 aliphatic rings. The van der Waals surface area contributed by atoms with Gasteiger partial charge in [-0.25, -0.2) is 0 Å². The first kappa shape index (κ1) is 11.8. The maximum atomic E-state index is 2.53. The second kappa shape index (κ2) is 5.13. The molecule has 0 fully saturated rings. The van der Waals surface area contributed by atoms with Crippen molar-refractivity contribution in [2.45, 2.75) is 43.8 Å². The van der Waals surface area contributed by atoms with Gasteiger partial charge in [-0.15, -0.1) is 11.8 Å². The number of thioether (sulfide) groups is 1. The van der Waals surface area contributed by atoms with E-state index in [0.717, 1.165) is 0 Å². The Kier molecular flexibility index (Phi) is 3.80. The van der Waals surface area contributed by atoms with Crippen molar-refractivity contribution in [3.8, 4) is 0 Å². The van der Waals surface area contributed by atoms with E-state index in [0.29, 0.717) is 5.25 Å². The molecule has 0 radical (unpaired) electrons. The predicted octanol–water partition coefficient (Wildman–Crippen LogP) is 3.96. The smallest absolute Gasteiger partial charge is 0.0410 e. The lowest BCUT2D eigenvalue weighted by atomic mass is 10.2. The van der Waals surface area contributed by atoms with Gasteiger partial charge in [0, 0.05) is 28.9 Å². The number of hydrogen-bond donors (Lipinski definition) is 0. The van der Waals surface area contributed by atoms with Gasteiger partial charge in [0.1, 0.15) is 0 Å². The molecule has 2 rings (SSSR count). The van der Waals surface area contributed by atoms with Crippen molar-refractivity contribution in [2.75, 3.05) is 18.0 Å². The van der Waals surface area contributed by atoms with Crippen molar-refractivity contribution < 1.29 is 0 Å². The first-order valence-electron chi connectivity index (χ1n) is 6.25. The first-order chi connectivity index (χ1) is 7.70. The van der Waals surface area contributed by atoms with E-state index in [2.05, 4.69) is 43.9 Å². The molecule has 0 N–H and O–H groups in total. The largest absolute Gasteiger partial charge is 0.371 e. The van der Waals surface area contributed by atoms with Crippen LogP contribution in [-0.2, 0) is 6.42 Å². The molecule has 0 saturated carbocycles. The third-order valence-corrected chi connectivity index (χ3v) is 3.91. The van der Waals surface area contributed by atoms with Gasteiger partial charge in [0.15, 0.2) is 0 Å². The Hall–Kier alpha value is -0.630. The lowest BCUT2D eigenvalue weighted by molar-refractivity contribution is 0.796. The highest BCUT2D eigenvalue weighted by molar-refractivity contribution is 7.99. The van der Waals surface area contributed by atoms with E-state index in [1.807, 2.05) is 11.8 Å². The number of nitrogens with zero attached hydrogens (tertiary/aromatic N) is 1. The summed E-state index contributed by atoms with van der Waals surface area (Å²) in [5, 5.41) is 0.666. The fourth-order valence-corrected chi connectivity index (χ4v) is 3.14. The highest BCUT2D eigenvalue weighted by Crippen LogP contribution is 2.33. The van der Waals surface area contributed by atoms with Gasteiger partial charge in [-0.1, -0.05) is 26.8 Å². The van der Waals surface area contributed by atoms with E-state index in [1.54, 1.807) is 0 Å². The molecule has 1 nitrogen and oxygen atoms in total. The van der Waals surface area contributed by atoms with E-state index in [-0.39, 0.29) is 0 Å². The van der Waals surface area contributed by atoms with E-state index in [9.17, 15) is 0 Å². The quantitative estimate of drug-likeness (QED) is 0.727. The van der Waals surface area contributed by atoms with E-state index >= 15 is 0 Å². The summed E-state index contributed by atoms with van der Waals surface area (Å²) in [5.74, 6) is 0. The second-order valence-electron chi connectivity index (χ2n) is 4.69. The highest BCUT2D eigenvalue weighted by Gasteiger charge is 2.18. The van der Waals surface area contributed by atoms with Crippen LogP contribution in [0.2, 0.25) is 0 Å². The molecule has 16 heavy (non-hydrogen) atoms. The lowest BCUT2D eigenvalue weighted by Gasteiger charge is -2.19. The maximum Gasteiger partial charge on any atom is 0.0410 e. The fourth-order valence-electron chi connectivity index (χ4n) is 2.27. The summed E-state index contributed by atoms with van der Waals surface area (Å²) >= 11 is 1.96. The van der Waals surface area contributed by atoms with Gasteiger partial charge in [0.05, 0.1) is 0 Å². The fraction of sp³-hybridized carbons (Fsp3) is 0.571. The van der Waals surface area contributed by atoms with Crippen molar-refractivity contribution in [3.05, 3.63) is 23.8 Å². The third kappa shape index (κ3) is 2.54. The molecule has 88 valence electrons. The Balaban J connectivity index is 2.19. The molecule has 0 bridgehead atoms. The standard InChI is InChI=1S/C14H21NS/c1-4-8-15-9-7-12-5-6-13(10-14(12)15)16-11(2)3/h5-6,10-11H,4,7-9H2,1-3H3. The molecule has 1 aromatic rings. The van der Waals surface area contributed by atoms with Crippen LogP contribution < -0.4 is 4.90 Å². The first-order valence-corrected chi connectivity index (χ1v) is 7.13. The summed E-state index contributed by atoms with van der Waals surface area (Å²) in [4.78, 5) is 3.94. The monoisotopic (exact) mass is 235 g/mol. The SMILES string of the molecule is CCCN1CCc2ccc(SC(C)C)cc21. The van der Waals surface area contributed by atoms with Crippen LogP contribution in [-0.4, -0.2) is 18.3 Å². The van der Waals surface area contributed by atoms with Crippen molar-refractivity contribution in [1.82, 2.24) is 0 Å². The zero-order valence-corrected chi connectivity index (χ0v) is 11.3. The highest BCUT2D eigenvalue weighted by atomic mass is 32.2. The van der Waals surface area contributed by atoms with Crippen LogP contribution in [0.4, 0.5) is 5.69 Å². The number of benzene rings is 1. The van der Waals surface area contributed by atoms with Crippen LogP contribution >= 0.6 is 11.8 Å². The molecule has 0 aromatic heterocycles. The average Bonchev–Trinajstić information content (AvgIpc) is 2.61. The van der Waals surface area contributed by atoms with E-state index in [1.165, 1.54) is 42.1 Å². The Morgan fingerprint density at radius 1 is 1.38 bits per heavy atom. The summed E-state index contributed by atoms with van der Waals surface area (Å²) in [6, 6.07) is 6.97. The van der Waals surface area contributed by atoms with E-state index < -0.39 is 0 Å². The second-order valence-corrected chi connectivity index (χ2v) is 6.34.